The molecule has 26 heavy (non-hydrogen) atoms. The van der Waals surface area contributed by atoms with Crippen LogP contribution in [0.3, 0.4) is 0 Å². The van der Waals surface area contributed by atoms with Crippen LogP contribution in [-0.4, -0.2) is 38.7 Å². The van der Waals surface area contributed by atoms with E-state index in [9.17, 15) is 9.59 Å². The van der Waals surface area contributed by atoms with Crippen molar-refractivity contribution < 1.29 is 19.1 Å². The van der Waals surface area contributed by atoms with Crippen LogP contribution >= 0.6 is 0 Å². The number of nitrogens with one attached hydrogen (secondary N) is 2. The van der Waals surface area contributed by atoms with Gasteiger partial charge in [-0.2, -0.15) is 0 Å². The first-order valence-corrected chi connectivity index (χ1v) is 8.45. The maximum Gasteiger partial charge on any atom is 0.262 e. The van der Waals surface area contributed by atoms with Crippen LogP contribution in [0.4, 0.5) is 5.69 Å². The topological polar surface area (TPSA) is 76.7 Å². The fraction of sp³-hybridized carbons (Fsp3) is 0.300. The van der Waals surface area contributed by atoms with Crippen molar-refractivity contribution in [3.05, 3.63) is 59.7 Å². The Balaban J connectivity index is 1.86. The molecule has 0 spiro atoms. The Kier molecular flexibility index (Phi) is 7.64. The molecule has 0 aliphatic heterocycles. The molecule has 2 amide bonds. The summed E-state index contributed by atoms with van der Waals surface area (Å²) in [6.07, 6.45) is 0.745. The molecule has 6 nitrogen and oxygen atoms in total. The smallest absolute Gasteiger partial charge is 0.262 e. The highest BCUT2D eigenvalue weighted by molar-refractivity contribution is 5.97. The SMILES string of the molecule is COCCCNC(=O)c1cccc(NC(=O)COc2ccccc2C)c1. The minimum Gasteiger partial charge on any atom is -0.483 e. The lowest BCUT2D eigenvalue weighted by molar-refractivity contribution is -0.118. The van der Waals surface area contributed by atoms with Crippen LogP contribution in [0.25, 0.3) is 0 Å². The molecule has 138 valence electrons. The van der Waals surface area contributed by atoms with E-state index >= 15 is 0 Å². The van der Waals surface area contributed by atoms with Crippen molar-refractivity contribution in [3.8, 4) is 5.75 Å². The van der Waals surface area contributed by atoms with Crippen molar-refractivity contribution in [1.82, 2.24) is 5.32 Å². The number of rotatable bonds is 9. The fourth-order valence-corrected chi connectivity index (χ4v) is 2.32. The third kappa shape index (κ3) is 6.22. The Morgan fingerprint density at radius 2 is 1.88 bits per heavy atom. The summed E-state index contributed by atoms with van der Waals surface area (Å²) in [6, 6.07) is 14.3. The summed E-state index contributed by atoms with van der Waals surface area (Å²) in [5.74, 6) is 0.200. The summed E-state index contributed by atoms with van der Waals surface area (Å²) in [4.78, 5) is 24.2. The molecule has 0 aliphatic carbocycles. The summed E-state index contributed by atoms with van der Waals surface area (Å²) in [5, 5.41) is 5.55. The van der Waals surface area contributed by atoms with Crippen molar-refractivity contribution in [3.63, 3.8) is 0 Å². The van der Waals surface area contributed by atoms with E-state index in [-0.39, 0.29) is 18.4 Å². The highest BCUT2D eigenvalue weighted by Gasteiger charge is 2.09. The normalized spacial score (nSPS) is 10.2. The van der Waals surface area contributed by atoms with Crippen molar-refractivity contribution in [2.75, 3.05) is 32.2 Å². The van der Waals surface area contributed by atoms with Crippen LogP contribution in [0.1, 0.15) is 22.3 Å². The minimum absolute atomic E-state index is 0.0989. The molecule has 0 saturated carbocycles. The van der Waals surface area contributed by atoms with E-state index in [2.05, 4.69) is 10.6 Å². The van der Waals surface area contributed by atoms with Gasteiger partial charge in [0.15, 0.2) is 6.61 Å². The monoisotopic (exact) mass is 356 g/mol. The van der Waals surface area contributed by atoms with Crippen molar-refractivity contribution in [2.45, 2.75) is 13.3 Å². The number of carbonyl (C=O) groups is 2. The van der Waals surface area contributed by atoms with E-state index in [1.54, 1.807) is 31.4 Å². The quantitative estimate of drug-likeness (QED) is 0.678. The number of hydrogen-bond acceptors (Lipinski definition) is 4. The summed E-state index contributed by atoms with van der Waals surface area (Å²) in [5.41, 5.74) is 2.00. The van der Waals surface area contributed by atoms with Gasteiger partial charge in [0, 0.05) is 31.5 Å². The number of benzene rings is 2. The van der Waals surface area contributed by atoms with Crippen molar-refractivity contribution in [2.24, 2.45) is 0 Å². The molecule has 0 aromatic heterocycles. The molecule has 0 heterocycles. The zero-order valence-corrected chi connectivity index (χ0v) is 15.1. The summed E-state index contributed by atoms with van der Waals surface area (Å²) in [7, 11) is 1.62. The molecule has 0 atom stereocenters. The predicted octanol–water partition coefficient (Wildman–Crippen LogP) is 2.78. The second-order valence-corrected chi connectivity index (χ2v) is 5.79. The van der Waals surface area contributed by atoms with Crippen LogP contribution in [-0.2, 0) is 9.53 Å². The lowest BCUT2D eigenvalue weighted by atomic mass is 10.2. The third-order valence-electron chi connectivity index (χ3n) is 3.67. The molecule has 2 aromatic carbocycles. The van der Waals surface area contributed by atoms with Gasteiger partial charge in [0.25, 0.3) is 11.8 Å². The molecule has 6 heteroatoms. The Hall–Kier alpha value is -2.86. The van der Waals surface area contributed by atoms with Crippen molar-refractivity contribution >= 4 is 17.5 Å². The van der Waals surface area contributed by atoms with Gasteiger partial charge in [-0.25, -0.2) is 0 Å². The molecule has 2 rings (SSSR count). The van der Waals surface area contributed by atoms with Gasteiger partial charge in [-0.05, 0) is 43.2 Å². The predicted molar refractivity (Wildman–Crippen MR) is 101 cm³/mol. The van der Waals surface area contributed by atoms with Crippen molar-refractivity contribution in [1.29, 1.82) is 0 Å². The van der Waals surface area contributed by atoms with Gasteiger partial charge in [-0.15, -0.1) is 0 Å². The molecule has 0 radical (unpaired) electrons. The first-order chi connectivity index (χ1) is 12.6. The lowest BCUT2D eigenvalue weighted by Gasteiger charge is -2.10. The molecule has 0 aliphatic rings. The highest BCUT2D eigenvalue weighted by Crippen LogP contribution is 2.16. The second kappa shape index (κ2) is 10.2. The van der Waals surface area contributed by atoms with Crippen LogP contribution in [0.2, 0.25) is 0 Å². The number of aryl methyl sites for hydroxylation is 1. The largest absolute Gasteiger partial charge is 0.483 e. The molecular formula is C20H24N2O4. The number of anilines is 1. The van der Waals surface area contributed by atoms with E-state index < -0.39 is 0 Å². The van der Waals surface area contributed by atoms with Crippen LogP contribution < -0.4 is 15.4 Å². The van der Waals surface area contributed by atoms with E-state index in [0.29, 0.717) is 30.2 Å². The maximum absolute atomic E-state index is 12.1. The van der Waals surface area contributed by atoms with Crippen LogP contribution in [0.15, 0.2) is 48.5 Å². The number of hydrogen-bond donors (Lipinski definition) is 2. The Morgan fingerprint density at radius 3 is 2.65 bits per heavy atom. The van der Waals surface area contributed by atoms with E-state index in [1.807, 2.05) is 31.2 Å². The van der Waals surface area contributed by atoms with Gasteiger partial charge in [0.05, 0.1) is 0 Å². The Morgan fingerprint density at radius 1 is 1.08 bits per heavy atom. The summed E-state index contributed by atoms with van der Waals surface area (Å²) >= 11 is 0. The maximum atomic E-state index is 12.1. The van der Waals surface area contributed by atoms with Crippen LogP contribution in [0.5, 0.6) is 5.75 Å². The summed E-state index contributed by atoms with van der Waals surface area (Å²) in [6.45, 7) is 2.95. The first-order valence-electron chi connectivity index (χ1n) is 8.45. The number of para-hydroxylation sites is 1. The zero-order chi connectivity index (χ0) is 18.8. The van der Waals surface area contributed by atoms with E-state index in [4.69, 9.17) is 9.47 Å². The van der Waals surface area contributed by atoms with E-state index in [1.165, 1.54) is 0 Å². The Bertz CT molecular complexity index is 746. The molecule has 2 N–H and O–H groups in total. The molecular weight excluding hydrogens is 332 g/mol. The van der Waals surface area contributed by atoms with E-state index in [0.717, 1.165) is 12.0 Å². The van der Waals surface area contributed by atoms with Gasteiger partial charge >= 0.3 is 0 Å². The fourth-order valence-electron chi connectivity index (χ4n) is 2.32. The molecule has 2 aromatic rings. The average molecular weight is 356 g/mol. The third-order valence-corrected chi connectivity index (χ3v) is 3.67. The van der Waals surface area contributed by atoms with Gasteiger partial charge in [0.1, 0.15) is 5.75 Å². The number of carbonyl (C=O) groups excluding carboxylic acids is 2. The molecule has 0 saturated heterocycles. The minimum atomic E-state index is -0.286. The number of ether oxygens (including phenoxy) is 2. The molecule has 0 unspecified atom stereocenters. The lowest BCUT2D eigenvalue weighted by Crippen LogP contribution is -2.25. The Labute approximate surface area is 153 Å². The number of amides is 2. The van der Waals surface area contributed by atoms with Gasteiger partial charge in [-0.3, -0.25) is 9.59 Å². The van der Waals surface area contributed by atoms with Gasteiger partial charge < -0.3 is 20.1 Å². The van der Waals surface area contributed by atoms with Gasteiger partial charge in [-0.1, -0.05) is 24.3 Å². The standard InChI is InChI=1S/C20H24N2O4/c1-15-7-3-4-10-18(15)26-14-19(23)22-17-9-5-8-16(13-17)20(24)21-11-6-12-25-2/h3-5,7-10,13H,6,11-12,14H2,1-2H3,(H,21,24)(H,22,23). The van der Waals surface area contributed by atoms with Gasteiger partial charge in [0.2, 0.25) is 0 Å². The van der Waals surface area contributed by atoms with Crippen LogP contribution in [0, 0.1) is 6.92 Å². The zero-order valence-electron chi connectivity index (χ0n) is 15.1. The summed E-state index contributed by atoms with van der Waals surface area (Å²) < 4.78 is 10.5. The first kappa shape index (κ1) is 19.5. The number of methoxy groups -OCH3 is 1. The second-order valence-electron chi connectivity index (χ2n) is 5.79. The highest BCUT2D eigenvalue weighted by atomic mass is 16.5. The molecule has 0 fully saturated rings. The average Bonchev–Trinajstić information content (AvgIpc) is 2.64. The molecule has 0 bridgehead atoms.